The highest BCUT2D eigenvalue weighted by Crippen LogP contribution is 2.10. The quantitative estimate of drug-likeness (QED) is 0.571. The lowest BCUT2D eigenvalue weighted by Crippen LogP contribution is -2.12. The molecule has 0 saturated carbocycles. The summed E-state index contributed by atoms with van der Waals surface area (Å²) in [6.07, 6.45) is 0. The maximum absolute atomic E-state index is 13.3. The molecule has 1 aromatic carbocycles. The summed E-state index contributed by atoms with van der Waals surface area (Å²) in [4.78, 5) is 11.4. The molecule has 0 spiro atoms. The zero-order valence-electron chi connectivity index (χ0n) is 9.46. The largest absolute Gasteiger partial charge is 0.460 e. The van der Waals surface area contributed by atoms with E-state index in [0.29, 0.717) is 13.2 Å². The van der Waals surface area contributed by atoms with Crippen molar-refractivity contribution in [2.45, 2.75) is 13.8 Å². The van der Waals surface area contributed by atoms with Gasteiger partial charge in [-0.2, -0.15) is 0 Å². The van der Waals surface area contributed by atoms with Crippen molar-refractivity contribution < 1.29 is 18.7 Å². The first kappa shape index (κ1) is 12.6. The second-order valence-electron chi connectivity index (χ2n) is 3.32. The van der Waals surface area contributed by atoms with Crippen LogP contribution in [0.2, 0.25) is 0 Å². The molecule has 0 fully saturated rings. The minimum absolute atomic E-state index is 0.0397. The molecule has 1 aromatic rings. The van der Waals surface area contributed by atoms with Crippen molar-refractivity contribution in [3.8, 4) is 0 Å². The van der Waals surface area contributed by atoms with E-state index in [1.807, 2.05) is 6.92 Å². The Balaban J connectivity index is 2.53. The third-order valence-electron chi connectivity index (χ3n) is 2.01. The summed E-state index contributed by atoms with van der Waals surface area (Å²) in [5.74, 6) is -1.21. The van der Waals surface area contributed by atoms with Crippen LogP contribution in [0, 0.1) is 12.7 Å². The van der Waals surface area contributed by atoms with E-state index < -0.39 is 11.8 Å². The average Bonchev–Trinajstić information content (AvgIpc) is 2.24. The highest BCUT2D eigenvalue weighted by atomic mass is 19.1. The summed E-state index contributed by atoms with van der Waals surface area (Å²) < 4.78 is 23.2. The molecule has 16 heavy (non-hydrogen) atoms. The summed E-state index contributed by atoms with van der Waals surface area (Å²) in [7, 11) is 0. The predicted octanol–water partition coefficient (Wildman–Crippen LogP) is 2.33. The fraction of sp³-hybridized carbons (Fsp3) is 0.417. The second-order valence-corrected chi connectivity index (χ2v) is 3.32. The average molecular weight is 226 g/mol. The second kappa shape index (κ2) is 6.23. The summed E-state index contributed by atoms with van der Waals surface area (Å²) in [5, 5.41) is 0. The van der Waals surface area contributed by atoms with Crippen LogP contribution in [0.25, 0.3) is 0 Å². The van der Waals surface area contributed by atoms with E-state index in [1.165, 1.54) is 12.1 Å². The molecule has 0 unspecified atom stereocenters. The van der Waals surface area contributed by atoms with Gasteiger partial charge in [-0.05, 0) is 31.5 Å². The van der Waals surface area contributed by atoms with Gasteiger partial charge in [-0.3, -0.25) is 0 Å². The van der Waals surface area contributed by atoms with Crippen LogP contribution >= 0.6 is 0 Å². The van der Waals surface area contributed by atoms with Crippen LogP contribution in [0.1, 0.15) is 22.8 Å². The van der Waals surface area contributed by atoms with Gasteiger partial charge in [-0.1, -0.05) is 6.07 Å². The summed E-state index contributed by atoms with van der Waals surface area (Å²) >= 11 is 0. The molecule has 0 bridgehead atoms. The van der Waals surface area contributed by atoms with Crippen LogP contribution in [0.5, 0.6) is 0 Å². The maximum Gasteiger partial charge on any atom is 0.341 e. The number of aryl methyl sites for hydroxylation is 1. The lowest BCUT2D eigenvalue weighted by Gasteiger charge is -2.06. The summed E-state index contributed by atoms with van der Waals surface area (Å²) in [6, 6.07) is 4.40. The van der Waals surface area contributed by atoms with Crippen LogP contribution in [0.15, 0.2) is 18.2 Å². The van der Waals surface area contributed by atoms with Gasteiger partial charge < -0.3 is 9.47 Å². The Hall–Kier alpha value is -1.42. The molecule has 0 aromatic heterocycles. The zero-order chi connectivity index (χ0) is 12.0. The first-order valence-electron chi connectivity index (χ1n) is 5.16. The molecule has 0 saturated heterocycles. The van der Waals surface area contributed by atoms with Crippen molar-refractivity contribution in [2.24, 2.45) is 0 Å². The van der Waals surface area contributed by atoms with E-state index in [2.05, 4.69) is 0 Å². The Morgan fingerprint density at radius 2 is 2.12 bits per heavy atom. The van der Waals surface area contributed by atoms with Gasteiger partial charge in [-0.15, -0.1) is 0 Å². The third kappa shape index (κ3) is 3.62. The number of carbonyl (C=O) groups excluding carboxylic acids is 1. The number of rotatable bonds is 5. The minimum atomic E-state index is -0.655. The van der Waals surface area contributed by atoms with E-state index in [1.54, 1.807) is 13.0 Å². The molecule has 0 amide bonds. The fourth-order valence-electron chi connectivity index (χ4n) is 1.20. The number of ether oxygens (including phenoxy) is 2. The van der Waals surface area contributed by atoms with Crippen molar-refractivity contribution in [2.75, 3.05) is 19.8 Å². The van der Waals surface area contributed by atoms with Crippen molar-refractivity contribution in [3.05, 3.63) is 35.1 Å². The Morgan fingerprint density at radius 3 is 2.75 bits per heavy atom. The molecule has 0 heterocycles. The Bertz CT molecular complexity index is 363. The minimum Gasteiger partial charge on any atom is -0.460 e. The SMILES string of the molecule is CCOCCOC(=O)c1ccc(C)cc1F. The molecule has 0 aliphatic rings. The van der Waals surface area contributed by atoms with Crippen LogP contribution in [0.4, 0.5) is 4.39 Å². The molecular weight excluding hydrogens is 211 g/mol. The van der Waals surface area contributed by atoms with E-state index in [-0.39, 0.29) is 12.2 Å². The molecule has 0 aliphatic heterocycles. The third-order valence-corrected chi connectivity index (χ3v) is 2.01. The zero-order valence-corrected chi connectivity index (χ0v) is 9.46. The van der Waals surface area contributed by atoms with E-state index >= 15 is 0 Å². The summed E-state index contributed by atoms with van der Waals surface area (Å²) in [5.41, 5.74) is 0.727. The molecule has 0 radical (unpaired) electrons. The molecule has 4 heteroatoms. The number of halogens is 1. The number of carbonyl (C=O) groups is 1. The van der Waals surface area contributed by atoms with Gasteiger partial charge in [0.05, 0.1) is 12.2 Å². The number of esters is 1. The van der Waals surface area contributed by atoms with Crippen LogP contribution in [0.3, 0.4) is 0 Å². The van der Waals surface area contributed by atoms with Crippen molar-refractivity contribution >= 4 is 5.97 Å². The molecule has 1 rings (SSSR count). The van der Waals surface area contributed by atoms with Gasteiger partial charge in [0.15, 0.2) is 0 Å². The first-order chi connectivity index (χ1) is 7.65. The maximum atomic E-state index is 13.3. The molecule has 0 N–H and O–H groups in total. The van der Waals surface area contributed by atoms with Gasteiger partial charge >= 0.3 is 5.97 Å². The van der Waals surface area contributed by atoms with Gasteiger partial charge in [0.2, 0.25) is 0 Å². The highest BCUT2D eigenvalue weighted by Gasteiger charge is 2.12. The van der Waals surface area contributed by atoms with Crippen molar-refractivity contribution in [1.29, 1.82) is 0 Å². The normalized spacial score (nSPS) is 10.2. The topological polar surface area (TPSA) is 35.5 Å². The number of benzene rings is 1. The fourth-order valence-corrected chi connectivity index (χ4v) is 1.20. The van der Waals surface area contributed by atoms with E-state index in [0.717, 1.165) is 5.56 Å². The van der Waals surface area contributed by atoms with Crippen molar-refractivity contribution in [1.82, 2.24) is 0 Å². The van der Waals surface area contributed by atoms with Gasteiger partial charge in [-0.25, -0.2) is 9.18 Å². The van der Waals surface area contributed by atoms with Crippen molar-refractivity contribution in [3.63, 3.8) is 0 Å². The Morgan fingerprint density at radius 1 is 1.38 bits per heavy atom. The standard InChI is InChI=1S/C12H15FO3/c1-3-15-6-7-16-12(14)10-5-4-9(2)8-11(10)13/h4-5,8H,3,6-7H2,1-2H3. The molecule has 0 atom stereocenters. The first-order valence-corrected chi connectivity index (χ1v) is 5.16. The van der Waals surface area contributed by atoms with Gasteiger partial charge in [0.25, 0.3) is 0 Å². The van der Waals surface area contributed by atoms with Gasteiger partial charge in [0, 0.05) is 6.61 Å². The Labute approximate surface area is 94.2 Å². The van der Waals surface area contributed by atoms with E-state index in [9.17, 15) is 9.18 Å². The van der Waals surface area contributed by atoms with E-state index in [4.69, 9.17) is 9.47 Å². The lowest BCUT2D eigenvalue weighted by molar-refractivity contribution is 0.0331. The monoisotopic (exact) mass is 226 g/mol. The highest BCUT2D eigenvalue weighted by molar-refractivity contribution is 5.89. The lowest BCUT2D eigenvalue weighted by atomic mass is 10.1. The Kier molecular flexibility index (Phi) is 4.92. The summed E-state index contributed by atoms with van der Waals surface area (Å²) in [6.45, 7) is 4.64. The van der Waals surface area contributed by atoms with Crippen LogP contribution in [-0.4, -0.2) is 25.8 Å². The molecule has 88 valence electrons. The smallest absolute Gasteiger partial charge is 0.341 e. The number of hydrogen-bond donors (Lipinski definition) is 0. The van der Waals surface area contributed by atoms with Gasteiger partial charge in [0.1, 0.15) is 12.4 Å². The van der Waals surface area contributed by atoms with Crippen LogP contribution < -0.4 is 0 Å². The molecule has 0 aliphatic carbocycles. The number of hydrogen-bond acceptors (Lipinski definition) is 3. The molecule has 3 nitrogen and oxygen atoms in total. The van der Waals surface area contributed by atoms with Crippen LogP contribution in [-0.2, 0) is 9.47 Å². The molecular formula is C12H15FO3. The predicted molar refractivity (Wildman–Crippen MR) is 57.9 cm³/mol.